The minimum atomic E-state index is 0.812. The van der Waals surface area contributed by atoms with Crippen molar-refractivity contribution in [3.63, 3.8) is 0 Å². The Kier molecular flexibility index (Phi) is 1.26. The first-order valence-corrected chi connectivity index (χ1v) is 2.39. The molecule has 0 bridgehead atoms. The summed E-state index contributed by atoms with van der Waals surface area (Å²) in [5.74, 6) is 0. The number of carbonyl (C=O) groups excluding carboxylic acids is 1. The van der Waals surface area contributed by atoms with Crippen molar-refractivity contribution in [2.45, 2.75) is 6.42 Å². The lowest BCUT2D eigenvalue weighted by Crippen LogP contribution is -2.28. The predicted molar refractivity (Wildman–Crippen MR) is 25.4 cm³/mol. The van der Waals surface area contributed by atoms with Gasteiger partial charge >= 0.3 is 0 Å². The molecule has 0 radical (unpaired) electrons. The van der Waals surface area contributed by atoms with Crippen molar-refractivity contribution in [1.29, 1.82) is 0 Å². The average Bonchev–Trinajstić information content (AvgIpc) is 2.14. The van der Waals surface area contributed by atoms with E-state index in [1.165, 1.54) is 0 Å². The summed E-state index contributed by atoms with van der Waals surface area (Å²) >= 11 is 0. The fourth-order valence-corrected chi connectivity index (χ4v) is 0.641. The molecule has 0 atom stereocenters. The summed E-state index contributed by atoms with van der Waals surface area (Å²) in [6.45, 7) is 1.81. The Morgan fingerprint density at radius 3 is 2.86 bits per heavy atom. The van der Waals surface area contributed by atoms with Crippen molar-refractivity contribution in [3.05, 3.63) is 0 Å². The summed E-state index contributed by atoms with van der Waals surface area (Å²) in [5, 5.41) is 1.56. The van der Waals surface area contributed by atoms with Crippen LogP contribution in [-0.4, -0.2) is 24.5 Å². The highest BCUT2D eigenvalue weighted by Crippen LogP contribution is 1.89. The number of hydrazine groups is 1. The van der Waals surface area contributed by atoms with Crippen molar-refractivity contribution in [3.8, 4) is 0 Å². The standard InChI is InChI=1S/C4H8N2O/c7-4-6-3-1-2-5-6/h4-5H,1-3H2. The SMILES string of the molecule is O=CN1CCCN1. The highest BCUT2D eigenvalue weighted by atomic mass is 16.1. The molecule has 0 aromatic heterocycles. The summed E-state index contributed by atoms with van der Waals surface area (Å²) in [6, 6.07) is 0. The molecule has 3 nitrogen and oxygen atoms in total. The average molecular weight is 100 g/mol. The molecule has 1 saturated heterocycles. The third kappa shape index (κ3) is 0.899. The van der Waals surface area contributed by atoms with Gasteiger partial charge in [-0.1, -0.05) is 0 Å². The van der Waals surface area contributed by atoms with Crippen molar-refractivity contribution >= 4 is 6.41 Å². The Morgan fingerprint density at radius 2 is 2.57 bits per heavy atom. The third-order valence-corrected chi connectivity index (χ3v) is 1.02. The maximum atomic E-state index is 9.87. The largest absolute Gasteiger partial charge is 0.281 e. The fraction of sp³-hybridized carbons (Fsp3) is 0.750. The first-order chi connectivity index (χ1) is 3.43. The number of hydrogen-bond donors (Lipinski definition) is 1. The maximum absolute atomic E-state index is 9.87. The molecule has 1 N–H and O–H groups in total. The van der Waals surface area contributed by atoms with Gasteiger partial charge in [0.25, 0.3) is 0 Å². The van der Waals surface area contributed by atoms with Crippen LogP contribution in [0.5, 0.6) is 0 Å². The number of rotatable bonds is 1. The van der Waals surface area contributed by atoms with Crippen LogP contribution < -0.4 is 5.43 Å². The smallest absolute Gasteiger partial charge is 0.223 e. The lowest BCUT2D eigenvalue weighted by atomic mass is 10.5. The quantitative estimate of drug-likeness (QED) is 0.444. The van der Waals surface area contributed by atoms with Crippen LogP contribution in [0.2, 0.25) is 0 Å². The van der Waals surface area contributed by atoms with E-state index in [9.17, 15) is 4.79 Å². The molecule has 0 unspecified atom stereocenters. The molecule has 0 aliphatic carbocycles. The molecule has 1 heterocycles. The van der Waals surface area contributed by atoms with Gasteiger partial charge < -0.3 is 0 Å². The second kappa shape index (κ2) is 1.93. The van der Waals surface area contributed by atoms with Gasteiger partial charge in [-0.05, 0) is 6.42 Å². The lowest BCUT2D eigenvalue weighted by Gasteiger charge is -2.04. The zero-order chi connectivity index (χ0) is 5.11. The molecular formula is C4H8N2O. The summed E-state index contributed by atoms with van der Waals surface area (Å²) in [4.78, 5) is 9.87. The van der Waals surface area contributed by atoms with Gasteiger partial charge in [0.15, 0.2) is 0 Å². The first-order valence-electron chi connectivity index (χ1n) is 2.39. The molecule has 0 spiro atoms. The molecule has 40 valence electrons. The Bertz CT molecular complexity index is 68.1. The van der Waals surface area contributed by atoms with E-state index >= 15 is 0 Å². The van der Waals surface area contributed by atoms with E-state index in [1.54, 1.807) is 5.01 Å². The number of amides is 1. The van der Waals surface area contributed by atoms with Crippen LogP contribution >= 0.6 is 0 Å². The molecular weight excluding hydrogens is 92.1 g/mol. The van der Waals surface area contributed by atoms with E-state index in [0.717, 1.165) is 25.9 Å². The van der Waals surface area contributed by atoms with Crippen LogP contribution in [0.3, 0.4) is 0 Å². The number of nitrogens with zero attached hydrogens (tertiary/aromatic N) is 1. The third-order valence-electron chi connectivity index (χ3n) is 1.02. The second-order valence-electron chi connectivity index (χ2n) is 1.56. The van der Waals surface area contributed by atoms with Gasteiger partial charge in [-0.3, -0.25) is 9.80 Å². The molecule has 1 aliphatic rings. The van der Waals surface area contributed by atoms with E-state index in [0.29, 0.717) is 0 Å². The Labute approximate surface area is 42.3 Å². The van der Waals surface area contributed by atoms with Crippen LogP contribution in [0.25, 0.3) is 0 Å². The van der Waals surface area contributed by atoms with Gasteiger partial charge in [-0.15, -0.1) is 0 Å². The van der Waals surface area contributed by atoms with Gasteiger partial charge in [0, 0.05) is 13.1 Å². The minimum absolute atomic E-state index is 0.812. The lowest BCUT2D eigenvalue weighted by molar-refractivity contribution is -0.119. The minimum Gasteiger partial charge on any atom is -0.281 e. The van der Waals surface area contributed by atoms with Crippen LogP contribution in [-0.2, 0) is 4.79 Å². The van der Waals surface area contributed by atoms with Gasteiger partial charge in [0.2, 0.25) is 6.41 Å². The topological polar surface area (TPSA) is 32.3 Å². The van der Waals surface area contributed by atoms with E-state index in [-0.39, 0.29) is 0 Å². The molecule has 0 aromatic rings. The maximum Gasteiger partial charge on any atom is 0.223 e. The Balaban J connectivity index is 2.26. The van der Waals surface area contributed by atoms with Crippen molar-refractivity contribution in [1.82, 2.24) is 10.4 Å². The number of carbonyl (C=O) groups is 1. The number of hydrogen-bond acceptors (Lipinski definition) is 2. The van der Waals surface area contributed by atoms with Gasteiger partial charge in [-0.25, -0.2) is 5.43 Å². The number of nitrogens with one attached hydrogen (secondary N) is 1. The van der Waals surface area contributed by atoms with E-state index in [2.05, 4.69) is 5.43 Å². The summed E-state index contributed by atoms with van der Waals surface area (Å²) < 4.78 is 0. The second-order valence-corrected chi connectivity index (χ2v) is 1.56. The summed E-state index contributed by atoms with van der Waals surface area (Å²) in [5.41, 5.74) is 2.87. The van der Waals surface area contributed by atoms with Crippen LogP contribution in [0.15, 0.2) is 0 Å². The van der Waals surface area contributed by atoms with E-state index in [4.69, 9.17) is 0 Å². The zero-order valence-electron chi connectivity index (χ0n) is 4.05. The Hall–Kier alpha value is -0.570. The van der Waals surface area contributed by atoms with E-state index < -0.39 is 0 Å². The highest BCUT2D eigenvalue weighted by Gasteiger charge is 2.05. The van der Waals surface area contributed by atoms with E-state index in [1.807, 2.05) is 0 Å². The molecule has 1 rings (SSSR count). The van der Waals surface area contributed by atoms with Crippen LogP contribution in [0, 0.1) is 0 Å². The van der Waals surface area contributed by atoms with Crippen LogP contribution in [0.4, 0.5) is 0 Å². The van der Waals surface area contributed by atoms with Crippen LogP contribution in [0.1, 0.15) is 6.42 Å². The molecule has 3 heteroatoms. The molecule has 1 aliphatic heterocycles. The molecule has 7 heavy (non-hydrogen) atoms. The molecule has 0 saturated carbocycles. The fourth-order valence-electron chi connectivity index (χ4n) is 0.641. The molecule has 1 amide bonds. The summed E-state index contributed by atoms with van der Waals surface area (Å²) in [7, 11) is 0. The van der Waals surface area contributed by atoms with Gasteiger partial charge in [0.1, 0.15) is 0 Å². The monoisotopic (exact) mass is 100 g/mol. The summed E-state index contributed by atoms with van der Waals surface area (Å²) in [6.07, 6.45) is 1.89. The van der Waals surface area contributed by atoms with Gasteiger partial charge in [-0.2, -0.15) is 0 Å². The first kappa shape index (κ1) is 4.59. The van der Waals surface area contributed by atoms with Crippen molar-refractivity contribution in [2.24, 2.45) is 0 Å². The molecule has 1 fully saturated rings. The normalized spacial score (nSPS) is 20.3. The highest BCUT2D eigenvalue weighted by molar-refractivity contribution is 5.46. The van der Waals surface area contributed by atoms with Crippen molar-refractivity contribution < 1.29 is 4.79 Å². The Morgan fingerprint density at radius 1 is 1.71 bits per heavy atom. The molecule has 0 aromatic carbocycles. The van der Waals surface area contributed by atoms with Gasteiger partial charge in [0.05, 0.1) is 0 Å². The predicted octanol–water partition coefficient (Wildman–Crippen LogP) is -0.647. The van der Waals surface area contributed by atoms with Crippen molar-refractivity contribution in [2.75, 3.05) is 13.1 Å². The zero-order valence-corrected chi connectivity index (χ0v) is 4.05.